The fourth-order valence-corrected chi connectivity index (χ4v) is 3.82. The lowest BCUT2D eigenvalue weighted by molar-refractivity contribution is -0.130. The van der Waals surface area contributed by atoms with Gasteiger partial charge in [-0.25, -0.2) is 9.38 Å². The third-order valence-corrected chi connectivity index (χ3v) is 5.59. The maximum atomic E-state index is 14.8. The molecular formula is C23H31FN6O2. The Morgan fingerprint density at radius 2 is 2.25 bits per heavy atom. The van der Waals surface area contributed by atoms with E-state index < -0.39 is 5.82 Å². The van der Waals surface area contributed by atoms with Gasteiger partial charge in [0.05, 0.1) is 19.2 Å². The summed E-state index contributed by atoms with van der Waals surface area (Å²) in [5, 5.41) is 3.50. The normalized spacial score (nSPS) is 20.3. The average molecular weight is 443 g/mol. The van der Waals surface area contributed by atoms with Crippen molar-refractivity contribution in [3.8, 4) is 0 Å². The number of carbonyl (C=O) groups is 1. The summed E-state index contributed by atoms with van der Waals surface area (Å²) >= 11 is 0. The molecule has 0 bridgehead atoms. The molecule has 32 heavy (non-hydrogen) atoms. The van der Waals surface area contributed by atoms with E-state index in [1.165, 1.54) is 12.3 Å². The highest BCUT2D eigenvalue weighted by Crippen LogP contribution is 2.25. The molecule has 1 fully saturated rings. The zero-order valence-corrected chi connectivity index (χ0v) is 18.6. The summed E-state index contributed by atoms with van der Waals surface area (Å²) in [5.41, 5.74) is 14.9. The quantitative estimate of drug-likeness (QED) is 0.441. The first kappa shape index (κ1) is 23.5. The molecule has 2 aliphatic rings. The smallest absolute Gasteiger partial charge is 0.222 e. The molecule has 1 aromatic carbocycles. The minimum atomic E-state index is -0.522. The van der Waals surface area contributed by atoms with Crippen molar-refractivity contribution < 1.29 is 13.9 Å². The van der Waals surface area contributed by atoms with Gasteiger partial charge in [-0.2, -0.15) is 0 Å². The van der Waals surface area contributed by atoms with Crippen LogP contribution >= 0.6 is 0 Å². The van der Waals surface area contributed by atoms with Crippen LogP contribution in [0.3, 0.4) is 0 Å². The van der Waals surface area contributed by atoms with Gasteiger partial charge < -0.3 is 26.4 Å². The van der Waals surface area contributed by atoms with E-state index in [0.29, 0.717) is 55.9 Å². The fraction of sp³-hybridized carbons (Fsp3) is 0.435. The lowest BCUT2D eigenvalue weighted by Gasteiger charge is -2.32. The number of hydrogen-bond acceptors (Lipinski definition) is 6. The predicted molar refractivity (Wildman–Crippen MR) is 125 cm³/mol. The number of nitrogens with two attached hydrogens (primary N) is 2. The molecule has 0 aliphatic carbocycles. The van der Waals surface area contributed by atoms with Crippen LogP contribution in [0.5, 0.6) is 0 Å². The Balaban J connectivity index is 1.91. The van der Waals surface area contributed by atoms with E-state index >= 15 is 0 Å². The van der Waals surface area contributed by atoms with Crippen LogP contribution in [0.1, 0.15) is 31.7 Å². The van der Waals surface area contributed by atoms with Crippen LogP contribution in [0.4, 0.5) is 10.1 Å². The van der Waals surface area contributed by atoms with Gasteiger partial charge in [0.1, 0.15) is 17.3 Å². The van der Waals surface area contributed by atoms with Crippen LogP contribution in [0.25, 0.3) is 5.57 Å². The number of nitrogens with one attached hydrogen (secondary N) is 1. The number of aliphatic imine (C=N–C) groups is 2. The molecule has 1 saturated heterocycles. The van der Waals surface area contributed by atoms with E-state index in [4.69, 9.17) is 16.2 Å². The first-order valence-electron chi connectivity index (χ1n) is 10.8. The first-order valence-corrected chi connectivity index (χ1v) is 10.8. The van der Waals surface area contributed by atoms with Gasteiger partial charge in [-0.15, -0.1) is 0 Å². The fourth-order valence-electron chi connectivity index (χ4n) is 3.82. The zero-order chi connectivity index (χ0) is 23.1. The van der Waals surface area contributed by atoms with Crippen molar-refractivity contribution in [1.82, 2.24) is 10.2 Å². The summed E-state index contributed by atoms with van der Waals surface area (Å²) in [6, 6.07) is 4.82. The zero-order valence-electron chi connectivity index (χ0n) is 18.6. The van der Waals surface area contributed by atoms with Crippen molar-refractivity contribution in [2.24, 2.45) is 21.5 Å². The van der Waals surface area contributed by atoms with Gasteiger partial charge in [0.25, 0.3) is 0 Å². The Labute approximate surface area is 187 Å². The number of rotatable bonds is 7. The molecule has 1 amide bonds. The second-order valence-corrected chi connectivity index (χ2v) is 7.75. The summed E-state index contributed by atoms with van der Waals surface area (Å²) < 4.78 is 20.3. The van der Waals surface area contributed by atoms with Gasteiger partial charge >= 0.3 is 0 Å². The maximum Gasteiger partial charge on any atom is 0.222 e. The van der Waals surface area contributed by atoms with E-state index in [0.717, 1.165) is 12.1 Å². The minimum absolute atomic E-state index is 0.0489. The molecule has 0 radical (unpaired) electrons. The number of hydrogen-bond donors (Lipinski definition) is 3. The minimum Gasteiger partial charge on any atom is -0.404 e. The number of nitrogens with zero attached hydrogens (tertiary/aromatic N) is 3. The predicted octanol–water partition coefficient (Wildman–Crippen LogP) is 2.09. The molecule has 1 aromatic rings. The van der Waals surface area contributed by atoms with Gasteiger partial charge in [-0.3, -0.25) is 9.79 Å². The van der Waals surface area contributed by atoms with Gasteiger partial charge in [0, 0.05) is 62.3 Å². The third-order valence-electron chi connectivity index (χ3n) is 5.59. The Morgan fingerprint density at radius 3 is 2.88 bits per heavy atom. The average Bonchev–Trinajstić information content (AvgIpc) is 3.31. The highest BCUT2D eigenvalue weighted by molar-refractivity contribution is 6.09. The second kappa shape index (κ2) is 10.9. The van der Waals surface area contributed by atoms with E-state index in [1.807, 2.05) is 6.92 Å². The summed E-state index contributed by atoms with van der Waals surface area (Å²) in [6.07, 6.45) is 4.88. The van der Waals surface area contributed by atoms with Crippen molar-refractivity contribution in [1.29, 1.82) is 0 Å². The monoisotopic (exact) mass is 442 g/mol. The van der Waals surface area contributed by atoms with Crippen LogP contribution in [-0.2, 0) is 9.53 Å². The van der Waals surface area contributed by atoms with Crippen molar-refractivity contribution in [2.75, 3.05) is 33.4 Å². The molecule has 5 N–H and O–H groups in total. The number of halogens is 1. The molecule has 0 aromatic heterocycles. The van der Waals surface area contributed by atoms with Crippen LogP contribution in [0, 0.1) is 5.82 Å². The third kappa shape index (κ3) is 5.53. The van der Waals surface area contributed by atoms with Crippen LogP contribution in [-0.4, -0.2) is 62.3 Å². The van der Waals surface area contributed by atoms with E-state index in [9.17, 15) is 9.18 Å². The van der Waals surface area contributed by atoms with E-state index in [-0.39, 0.29) is 23.5 Å². The lowest BCUT2D eigenvalue weighted by Crippen LogP contribution is -2.43. The van der Waals surface area contributed by atoms with Crippen molar-refractivity contribution >= 4 is 29.2 Å². The number of allylic oxidation sites excluding steroid dienone is 1. The SMILES string of the molecule is CCC(=O)N1CCC(N[C@H]2CCOC2)=C(C(N)=Nc2ccc(C(C=NC)=CN)cc2F)C1. The van der Waals surface area contributed by atoms with Crippen molar-refractivity contribution in [3.63, 3.8) is 0 Å². The standard InChI is InChI=1S/C23H31FN6O2/c1-3-22(31)30-8-6-20(28-17-7-9-32-14-17)18(13-30)23(26)29-21-5-4-15(10-19(21)24)16(11-25)12-27-2/h4-5,10-12,17,28H,3,6-9,13-14,25H2,1-2H3,(H2,26,29)/t17-/m0/s1. The topological polar surface area (TPSA) is 118 Å². The van der Waals surface area contributed by atoms with Gasteiger partial charge in [0.2, 0.25) is 5.91 Å². The van der Waals surface area contributed by atoms with Gasteiger partial charge in [-0.1, -0.05) is 13.0 Å². The largest absolute Gasteiger partial charge is 0.404 e. The van der Waals surface area contributed by atoms with E-state index in [1.54, 1.807) is 30.3 Å². The molecular weight excluding hydrogens is 411 g/mol. The van der Waals surface area contributed by atoms with Crippen LogP contribution in [0.2, 0.25) is 0 Å². The lowest BCUT2D eigenvalue weighted by atomic mass is 10.0. The first-order chi connectivity index (χ1) is 15.5. The summed E-state index contributed by atoms with van der Waals surface area (Å²) in [5.74, 6) is -0.282. The second-order valence-electron chi connectivity index (χ2n) is 7.75. The highest BCUT2D eigenvalue weighted by Gasteiger charge is 2.26. The molecule has 1 atom stereocenters. The molecule has 172 valence electrons. The Morgan fingerprint density at radius 1 is 1.44 bits per heavy atom. The molecule has 0 spiro atoms. The molecule has 0 unspecified atom stereocenters. The number of ether oxygens (including phenoxy) is 1. The molecule has 0 saturated carbocycles. The van der Waals surface area contributed by atoms with Gasteiger partial charge in [-0.05, 0) is 24.1 Å². The number of amidine groups is 1. The maximum absolute atomic E-state index is 14.8. The molecule has 8 nitrogen and oxygen atoms in total. The summed E-state index contributed by atoms with van der Waals surface area (Å²) in [6.45, 7) is 4.11. The number of benzene rings is 1. The van der Waals surface area contributed by atoms with Crippen molar-refractivity contribution in [3.05, 3.63) is 47.0 Å². The molecule has 2 aliphatic heterocycles. The van der Waals surface area contributed by atoms with E-state index in [2.05, 4.69) is 15.3 Å². The van der Waals surface area contributed by atoms with Crippen molar-refractivity contribution in [2.45, 2.75) is 32.2 Å². The Bertz CT molecular complexity index is 963. The number of amides is 1. The summed E-state index contributed by atoms with van der Waals surface area (Å²) in [7, 11) is 1.62. The Kier molecular flexibility index (Phi) is 7.99. The van der Waals surface area contributed by atoms with Gasteiger partial charge in [0.15, 0.2) is 0 Å². The highest BCUT2D eigenvalue weighted by atomic mass is 19.1. The number of carbonyl (C=O) groups excluding carboxylic acids is 1. The summed E-state index contributed by atoms with van der Waals surface area (Å²) in [4.78, 5) is 22.3. The Hall–Kier alpha value is -3.20. The van der Waals surface area contributed by atoms with Crippen LogP contribution < -0.4 is 16.8 Å². The molecule has 3 rings (SSSR count). The molecule has 2 heterocycles. The molecule has 9 heteroatoms. The van der Waals surface area contributed by atoms with Crippen LogP contribution in [0.15, 0.2) is 45.7 Å².